The summed E-state index contributed by atoms with van der Waals surface area (Å²) < 4.78 is 11.8. The fourth-order valence-electron chi connectivity index (χ4n) is 2.49. The predicted octanol–water partition coefficient (Wildman–Crippen LogP) is 1.56. The summed E-state index contributed by atoms with van der Waals surface area (Å²) in [5, 5.41) is 10.2. The molecule has 0 heterocycles. The van der Waals surface area contributed by atoms with Crippen LogP contribution in [0.15, 0.2) is 0 Å². The SMILES string of the molecule is O=C([O-])CCCCCCCCCCCCCCCCF.[Na+]. The molecule has 4 heteroatoms. The second-order valence-corrected chi connectivity index (χ2v) is 5.76. The van der Waals surface area contributed by atoms with E-state index in [-0.39, 0.29) is 42.7 Å². The van der Waals surface area contributed by atoms with Gasteiger partial charge in [0, 0.05) is 5.97 Å². The van der Waals surface area contributed by atoms with Gasteiger partial charge in [0.15, 0.2) is 0 Å². The number of aliphatic carboxylic acids is 1. The van der Waals surface area contributed by atoms with Crippen LogP contribution in [0.5, 0.6) is 0 Å². The van der Waals surface area contributed by atoms with Gasteiger partial charge in [0.1, 0.15) is 0 Å². The minimum Gasteiger partial charge on any atom is -0.550 e. The zero-order valence-corrected chi connectivity index (χ0v) is 16.0. The van der Waals surface area contributed by atoms with Crippen molar-refractivity contribution in [3.63, 3.8) is 0 Å². The van der Waals surface area contributed by atoms with E-state index in [0.717, 1.165) is 32.1 Å². The minimum absolute atomic E-state index is 0. The summed E-state index contributed by atoms with van der Waals surface area (Å²) in [7, 11) is 0. The molecule has 0 aliphatic rings. The first kappa shape index (κ1) is 23.7. The molecule has 0 aliphatic heterocycles. The van der Waals surface area contributed by atoms with E-state index in [0.29, 0.717) is 0 Å². The molecular weight excluding hydrogens is 278 g/mol. The summed E-state index contributed by atoms with van der Waals surface area (Å²) in [4.78, 5) is 10.2. The van der Waals surface area contributed by atoms with E-state index in [2.05, 4.69) is 0 Å². The summed E-state index contributed by atoms with van der Waals surface area (Å²) >= 11 is 0. The maximum absolute atomic E-state index is 11.8. The van der Waals surface area contributed by atoms with Crippen molar-refractivity contribution >= 4 is 5.97 Å². The molecule has 2 nitrogen and oxygen atoms in total. The van der Waals surface area contributed by atoms with Crippen molar-refractivity contribution in [3.05, 3.63) is 0 Å². The van der Waals surface area contributed by atoms with Crippen LogP contribution in [0.25, 0.3) is 0 Å². The predicted molar refractivity (Wildman–Crippen MR) is 80.2 cm³/mol. The van der Waals surface area contributed by atoms with E-state index in [9.17, 15) is 14.3 Å². The van der Waals surface area contributed by atoms with Gasteiger partial charge in [0.2, 0.25) is 0 Å². The van der Waals surface area contributed by atoms with Gasteiger partial charge < -0.3 is 9.90 Å². The quantitative estimate of drug-likeness (QED) is 0.321. The van der Waals surface area contributed by atoms with Crippen molar-refractivity contribution in [2.45, 2.75) is 96.3 Å². The summed E-state index contributed by atoms with van der Waals surface area (Å²) in [6.07, 6.45) is 16.5. The molecule has 120 valence electrons. The van der Waals surface area contributed by atoms with Crippen molar-refractivity contribution in [2.75, 3.05) is 6.67 Å². The molecule has 0 aromatic carbocycles. The summed E-state index contributed by atoms with van der Waals surface area (Å²) in [5.41, 5.74) is 0. The van der Waals surface area contributed by atoms with Gasteiger partial charge in [0.25, 0.3) is 0 Å². The van der Waals surface area contributed by atoms with Crippen LogP contribution in [0.4, 0.5) is 4.39 Å². The number of carbonyl (C=O) groups is 1. The number of carbonyl (C=O) groups excluding carboxylic acids is 1. The molecule has 0 fully saturated rings. The Bertz CT molecular complexity index is 213. The molecule has 0 saturated heterocycles. The van der Waals surface area contributed by atoms with Crippen LogP contribution in [0, 0.1) is 0 Å². The molecule has 0 saturated carbocycles. The third-order valence-electron chi connectivity index (χ3n) is 3.76. The second-order valence-electron chi connectivity index (χ2n) is 5.76. The number of alkyl halides is 1. The molecule has 0 aromatic heterocycles. The largest absolute Gasteiger partial charge is 1.00 e. The van der Waals surface area contributed by atoms with Gasteiger partial charge >= 0.3 is 29.6 Å². The molecule has 0 unspecified atom stereocenters. The number of halogens is 1. The van der Waals surface area contributed by atoms with E-state index in [1.165, 1.54) is 57.8 Å². The Morgan fingerprint density at radius 1 is 0.619 bits per heavy atom. The molecule has 21 heavy (non-hydrogen) atoms. The Morgan fingerprint density at radius 3 is 1.19 bits per heavy atom. The Labute approximate surface area is 152 Å². The van der Waals surface area contributed by atoms with E-state index in [1.807, 2.05) is 0 Å². The summed E-state index contributed by atoms with van der Waals surface area (Å²) in [6, 6.07) is 0. The van der Waals surface area contributed by atoms with Crippen molar-refractivity contribution in [3.8, 4) is 0 Å². The second kappa shape index (κ2) is 20.4. The first-order valence-corrected chi connectivity index (χ1v) is 8.53. The van der Waals surface area contributed by atoms with Crippen LogP contribution in [-0.2, 0) is 4.79 Å². The molecule has 0 N–H and O–H groups in total. The fourth-order valence-corrected chi connectivity index (χ4v) is 2.49. The van der Waals surface area contributed by atoms with Crippen molar-refractivity contribution in [2.24, 2.45) is 0 Å². The van der Waals surface area contributed by atoms with Gasteiger partial charge in [-0.2, -0.15) is 0 Å². The smallest absolute Gasteiger partial charge is 0.550 e. The molecule has 0 rings (SSSR count). The molecule has 0 amide bonds. The van der Waals surface area contributed by atoms with Crippen LogP contribution in [0.3, 0.4) is 0 Å². The van der Waals surface area contributed by atoms with Crippen LogP contribution >= 0.6 is 0 Å². The maximum Gasteiger partial charge on any atom is 1.00 e. The first-order valence-electron chi connectivity index (χ1n) is 8.53. The number of unbranched alkanes of at least 4 members (excludes halogenated alkanes) is 13. The van der Waals surface area contributed by atoms with Crippen molar-refractivity contribution in [1.29, 1.82) is 0 Å². The zero-order valence-electron chi connectivity index (χ0n) is 14.0. The zero-order chi connectivity index (χ0) is 14.9. The Hall–Kier alpha value is 0.400. The monoisotopic (exact) mass is 310 g/mol. The number of hydrogen-bond acceptors (Lipinski definition) is 2. The number of carboxylic acids is 1. The third kappa shape index (κ3) is 22.8. The molecular formula is C17H32FNaO2. The van der Waals surface area contributed by atoms with Crippen LogP contribution < -0.4 is 34.7 Å². The number of hydrogen-bond donors (Lipinski definition) is 0. The van der Waals surface area contributed by atoms with Gasteiger partial charge in [-0.15, -0.1) is 0 Å². The van der Waals surface area contributed by atoms with E-state index >= 15 is 0 Å². The molecule has 0 bridgehead atoms. The standard InChI is InChI=1S/C17H33FO2.Na/c18-16-14-12-10-8-6-4-2-1-3-5-7-9-11-13-15-17(19)20;/h1-16H2,(H,19,20);/q;+1/p-1. The van der Waals surface area contributed by atoms with E-state index in [4.69, 9.17) is 0 Å². The number of carboxylic acid groups (broad SMARTS) is 1. The molecule has 0 radical (unpaired) electrons. The maximum atomic E-state index is 11.8. The van der Waals surface area contributed by atoms with Gasteiger partial charge in [0.05, 0.1) is 6.67 Å². The number of rotatable bonds is 16. The van der Waals surface area contributed by atoms with Crippen LogP contribution in [-0.4, -0.2) is 12.6 Å². The fraction of sp³-hybridized carbons (Fsp3) is 0.941. The Kier molecular flexibility index (Phi) is 23.0. The van der Waals surface area contributed by atoms with E-state index in [1.54, 1.807) is 0 Å². The van der Waals surface area contributed by atoms with Crippen LogP contribution in [0.1, 0.15) is 96.3 Å². The summed E-state index contributed by atoms with van der Waals surface area (Å²) in [5.74, 6) is -0.922. The Balaban J connectivity index is 0. The molecule has 0 spiro atoms. The van der Waals surface area contributed by atoms with Gasteiger partial charge in [-0.25, -0.2) is 0 Å². The Morgan fingerprint density at radius 2 is 0.905 bits per heavy atom. The van der Waals surface area contributed by atoms with Gasteiger partial charge in [-0.05, 0) is 19.3 Å². The normalized spacial score (nSPS) is 10.3. The van der Waals surface area contributed by atoms with Crippen molar-refractivity contribution < 1.29 is 43.8 Å². The molecule has 0 aromatic rings. The van der Waals surface area contributed by atoms with Gasteiger partial charge in [-0.1, -0.05) is 77.0 Å². The van der Waals surface area contributed by atoms with Gasteiger partial charge in [-0.3, -0.25) is 4.39 Å². The summed E-state index contributed by atoms with van der Waals surface area (Å²) in [6.45, 7) is -0.160. The van der Waals surface area contributed by atoms with Crippen LogP contribution in [0.2, 0.25) is 0 Å². The average Bonchev–Trinajstić information content (AvgIpc) is 2.43. The molecule has 0 atom stereocenters. The average molecular weight is 310 g/mol. The first-order chi connectivity index (χ1) is 9.77. The third-order valence-corrected chi connectivity index (χ3v) is 3.76. The topological polar surface area (TPSA) is 40.1 Å². The van der Waals surface area contributed by atoms with Crippen molar-refractivity contribution in [1.82, 2.24) is 0 Å². The van der Waals surface area contributed by atoms with E-state index < -0.39 is 5.97 Å². The minimum atomic E-state index is -0.922. The molecule has 0 aliphatic carbocycles.